The topological polar surface area (TPSA) is 50.6 Å². The normalized spacial score (nSPS) is 22.7. The van der Waals surface area contributed by atoms with Crippen LogP contribution in [-0.2, 0) is 18.2 Å². The molecule has 0 N–H and O–H groups in total. The van der Waals surface area contributed by atoms with E-state index in [9.17, 15) is 4.79 Å². The lowest BCUT2D eigenvalue weighted by Crippen LogP contribution is -2.50. The van der Waals surface area contributed by atoms with E-state index in [0.29, 0.717) is 11.8 Å². The summed E-state index contributed by atoms with van der Waals surface area (Å²) in [6, 6.07) is 1.95. The van der Waals surface area contributed by atoms with Crippen molar-refractivity contribution in [2.45, 2.75) is 38.7 Å². The molecule has 6 heteroatoms. The van der Waals surface area contributed by atoms with Crippen LogP contribution in [0.3, 0.4) is 0 Å². The van der Waals surface area contributed by atoms with Crippen LogP contribution in [0.4, 0.5) is 0 Å². The highest BCUT2D eigenvalue weighted by atomic mass is 16.5. The second-order valence-electron chi connectivity index (χ2n) is 6.62. The van der Waals surface area contributed by atoms with Gasteiger partial charge in [0.2, 0.25) is 0 Å². The van der Waals surface area contributed by atoms with Crippen molar-refractivity contribution in [3.8, 4) is 0 Å². The second kappa shape index (κ2) is 7.45. The van der Waals surface area contributed by atoms with Crippen molar-refractivity contribution >= 4 is 5.91 Å². The van der Waals surface area contributed by atoms with Gasteiger partial charge in [0.25, 0.3) is 5.91 Å². The summed E-state index contributed by atoms with van der Waals surface area (Å²) in [5, 5.41) is 4.44. The molecule has 23 heavy (non-hydrogen) atoms. The van der Waals surface area contributed by atoms with Gasteiger partial charge in [-0.15, -0.1) is 0 Å². The highest BCUT2D eigenvalue weighted by molar-refractivity contribution is 5.92. The van der Waals surface area contributed by atoms with Crippen molar-refractivity contribution < 1.29 is 9.53 Å². The number of piperazine rings is 1. The van der Waals surface area contributed by atoms with E-state index in [-0.39, 0.29) is 5.91 Å². The van der Waals surface area contributed by atoms with Crippen molar-refractivity contribution in [2.24, 2.45) is 7.05 Å². The minimum atomic E-state index is 0.110. The summed E-state index contributed by atoms with van der Waals surface area (Å²) in [5.74, 6) is 0.110. The van der Waals surface area contributed by atoms with Gasteiger partial charge in [-0.1, -0.05) is 13.3 Å². The van der Waals surface area contributed by atoms with Crippen molar-refractivity contribution in [1.29, 1.82) is 0 Å². The second-order valence-corrected chi connectivity index (χ2v) is 6.62. The quantitative estimate of drug-likeness (QED) is 0.821. The number of aromatic nitrogens is 2. The van der Waals surface area contributed by atoms with Crippen LogP contribution in [0.15, 0.2) is 6.07 Å². The third kappa shape index (κ3) is 3.93. The van der Waals surface area contributed by atoms with Crippen molar-refractivity contribution in [3.63, 3.8) is 0 Å². The molecule has 0 bridgehead atoms. The molecule has 6 nitrogen and oxygen atoms in total. The predicted octanol–water partition coefficient (Wildman–Crippen LogP) is 1.31. The molecule has 0 aliphatic carbocycles. The number of rotatable bonds is 5. The highest BCUT2D eigenvalue weighted by Gasteiger charge is 2.26. The average Bonchev–Trinajstić information content (AvgIpc) is 3.17. The fraction of sp³-hybridized carbons (Fsp3) is 0.765. The highest BCUT2D eigenvalue weighted by Crippen LogP contribution is 2.16. The third-order valence-electron chi connectivity index (χ3n) is 4.80. The number of nitrogens with zero attached hydrogens (tertiary/aromatic N) is 4. The molecular weight excluding hydrogens is 292 g/mol. The number of ether oxygens (including phenoxy) is 1. The molecule has 3 heterocycles. The van der Waals surface area contributed by atoms with E-state index in [1.165, 1.54) is 12.8 Å². The van der Waals surface area contributed by atoms with Crippen LogP contribution in [-0.4, -0.2) is 70.9 Å². The molecule has 1 aromatic rings. The van der Waals surface area contributed by atoms with Crippen LogP contribution in [0.25, 0.3) is 0 Å². The van der Waals surface area contributed by atoms with E-state index < -0.39 is 0 Å². The molecule has 0 saturated carbocycles. The van der Waals surface area contributed by atoms with Gasteiger partial charge in [0, 0.05) is 46.4 Å². The van der Waals surface area contributed by atoms with Crippen LogP contribution < -0.4 is 0 Å². The van der Waals surface area contributed by atoms with E-state index in [4.69, 9.17) is 4.74 Å². The Morgan fingerprint density at radius 3 is 2.78 bits per heavy atom. The minimum absolute atomic E-state index is 0.110. The molecule has 2 aliphatic heterocycles. The molecular formula is C17H28N4O2. The Balaban J connectivity index is 1.53. The van der Waals surface area contributed by atoms with Gasteiger partial charge in [-0.25, -0.2) is 0 Å². The number of hydrogen-bond donors (Lipinski definition) is 0. The van der Waals surface area contributed by atoms with Crippen molar-refractivity contribution in [2.75, 3.05) is 39.3 Å². The van der Waals surface area contributed by atoms with Gasteiger partial charge in [-0.3, -0.25) is 14.4 Å². The molecule has 0 spiro atoms. The molecule has 2 aliphatic rings. The Bertz CT molecular complexity index is 529. The molecule has 1 atom stereocenters. The Labute approximate surface area is 138 Å². The maximum absolute atomic E-state index is 12.7. The fourth-order valence-electron chi connectivity index (χ4n) is 3.48. The molecule has 0 radical (unpaired) electrons. The zero-order valence-corrected chi connectivity index (χ0v) is 14.3. The Hall–Kier alpha value is -1.40. The monoisotopic (exact) mass is 320 g/mol. The summed E-state index contributed by atoms with van der Waals surface area (Å²) in [5.41, 5.74) is 1.72. The van der Waals surface area contributed by atoms with E-state index in [1.54, 1.807) is 4.68 Å². The van der Waals surface area contributed by atoms with Crippen LogP contribution in [0, 0.1) is 0 Å². The Morgan fingerprint density at radius 1 is 1.35 bits per heavy atom. The molecule has 0 unspecified atom stereocenters. The first-order valence-corrected chi connectivity index (χ1v) is 8.83. The van der Waals surface area contributed by atoms with Crippen LogP contribution >= 0.6 is 0 Å². The smallest absolute Gasteiger partial charge is 0.272 e. The third-order valence-corrected chi connectivity index (χ3v) is 4.80. The molecule has 2 saturated heterocycles. The largest absolute Gasteiger partial charge is 0.377 e. The molecule has 3 rings (SSSR count). The number of hydrogen-bond acceptors (Lipinski definition) is 4. The van der Waals surface area contributed by atoms with Gasteiger partial charge in [0.05, 0.1) is 11.8 Å². The number of aryl methyl sites for hydroxylation is 2. The van der Waals surface area contributed by atoms with E-state index >= 15 is 0 Å². The van der Waals surface area contributed by atoms with Gasteiger partial charge >= 0.3 is 0 Å². The number of carbonyl (C=O) groups is 1. The lowest BCUT2D eigenvalue weighted by molar-refractivity contribution is 0.0427. The van der Waals surface area contributed by atoms with Gasteiger partial charge in [0.1, 0.15) is 5.69 Å². The Kier molecular flexibility index (Phi) is 5.33. The van der Waals surface area contributed by atoms with Crippen LogP contribution in [0.5, 0.6) is 0 Å². The molecule has 1 aromatic heterocycles. The fourth-order valence-corrected chi connectivity index (χ4v) is 3.48. The van der Waals surface area contributed by atoms with E-state index in [0.717, 1.165) is 57.9 Å². The number of amides is 1. The van der Waals surface area contributed by atoms with Gasteiger partial charge in [-0.2, -0.15) is 5.10 Å². The first-order valence-electron chi connectivity index (χ1n) is 8.83. The van der Waals surface area contributed by atoms with Crippen molar-refractivity contribution in [1.82, 2.24) is 19.6 Å². The predicted molar refractivity (Wildman–Crippen MR) is 88.5 cm³/mol. The first-order chi connectivity index (χ1) is 11.2. The lowest BCUT2D eigenvalue weighted by atomic mass is 10.2. The SMILES string of the molecule is CCCc1cc(C(=O)N2CCN(C[C@@H]3CCCO3)CC2)n(C)n1. The summed E-state index contributed by atoms with van der Waals surface area (Å²) in [6.45, 7) is 7.50. The van der Waals surface area contributed by atoms with Crippen LogP contribution in [0.1, 0.15) is 42.4 Å². The Morgan fingerprint density at radius 2 is 2.13 bits per heavy atom. The molecule has 1 amide bonds. The summed E-state index contributed by atoms with van der Waals surface area (Å²) < 4.78 is 7.44. The van der Waals surface area contributed by atoms with Gasteiger partial charge in [0.15, 0.2) is 0 Å². The summed E-state index contributed by atoms with van der Waals surface area (Å²) in [7, 11) is 1.86. The van der Waals surface area contributed by atoms with E-state index in [1.807, 2.05) is 18.0 Å². The van der Waals surface area contributed by atoms with Gasteiger partial charge in [-0.05, 0) is 25.3 Å². The standard InChI is InChI=1S/C17H28N4O2/c1-3-5-14-12-16(19(2)18-14)17(22)21-9-7-20(8-10-21)13-15-6-4-11-23-15/h12,15H,3-11,13H2,1-2H3/t15-/m0/s1. The maximum atomic E-state index is 12.7. The summed E-state index contributed by atoms with van der Waals surface area (Å²) in [4.78, 5) is 17.1. The molecule has 128 valence electrons. The first kappa shape index (κ1) is 16.5. The molecule has 0 aromatic carbocycles. The summed E-state index contributed by atoms with van der Waals surface area (Å²) in [6.07, 6.45) is 4.73. The van der Waals surface area contributed by atoms with E-state index in [2.05, 4.69) is 16.9 Å². The average molecular weight is 320 g/mol. The zero-order valence-electron chi connectivity index (χ0n) is 14.3. The zero-order chi connectivity index (χ0) is 16.2. The van der Waals surface area contributed by atoms with Crippen molar-refractivity contribution in [3.05, 3.63) is 17.5 Å². The number of carbonyl (C=O) groups excluding carboxylic acids is 1. The van der Waals surface area contributed by atoms with Gasteiger partial charge < -0.3 is 9.64 Å². The maximum Gasteiger partial charge on any atom is 0.272 e. The molecule has 2 fully saturated rings. The minimum Gasteiger partial charge on any atom is -0.377 e. The summed E-state index contributed by atoms with van der Waals surface area (Å²) >= 11 is 0. The van der Waals surface area contributed by atoms with Crippen LogP contribution in [0.2, 0.25) is 0 Å². The lowest BCUT2D eigenvalue weighted by Gasteiger charge is -2.35.